The third-order valence-corrected chi connectivity index (χ3v) is 13.6. The van der Waals surface area contributed by atoms with Crippen LogP contribution in [-0.4, -0.2) is 58.4 Å². The summed E-state index contributed by atoms with van der Waals surface area (Å²) in [5, 5.41) is 23.3. The van der Waals surface area contributed by atoms with Crippen molar-refractivity contribution in [3.05, 3.63) is 0 Å². The Morgan fingerprint density at radius 1 is 0.674 bits per heavy atom. The molecule has 8 heteroatoms. The van der Waals surface area contributed by atoms with Gasteiger partial charge in [-0.1, -0.05) is 41.0 Å². The second-order valence-corrected chi connectivity index (χ2v) is 16.3. The Labute approximate surface area is 259 Å². The molecule has 0 radical (unpaired) electrons. The van der Waals surface area contributed by atoms with Crippen molar-refractivity contribution < 1.29 is 39.2 Å². The predicted molar refractivity (Wildman–Crippen MR) is 161 cm³/mol. The van der Waals surface area contributed by atoms with Crippen LogP contribution in [0.3, 0.4) is 0 Å². The zero-order chi connectivity index (χ0) is 30.8. The van der Waals surface area contributed by atoms with E-state index < -0.39 is 35.0 Å². The zero-order valence-corrected chi connectivity index (χ0v) is 27.9. The van der Waals surface area contributed by atoms with Crippen LogP contribution in [0.25, 0.3) is 0 Å². The van der Waals surface area contributed by atoms with E-state index in [9.17, 15) is 10.2 Å². The van der Waals surface area contributed by atoms with Gasteiger partial charge in [-0.15, -0.1) is 0 Å². The van der Waals surface area contributed by atoms with Gasteiger partial charge in [-0.25, -0.2) is 19.6 Å². The molecule has 0 aromatic carbocycles. The van der Waals surface area contributed by atoms with Crippen molar-refractivity contribution in [3.8, 4) is 0 Å². The molecule has 8 fully saturated rings. The van der Waals surface area contributed by atoms with Crippen LogP contribution in [0.1, 0.15) is 119 Å². The van der Waals surface area contributed by atoms with Crippen LogP contribution in [0.4, 0.5) is 0 Å². The Balaban J connectivity index is 1.10. The Morgan fingerprint density at radius 2 is 1.16 bits per heavy atom. The van der Waals surface area contributed by atoms with Crippen molar-refractivity contribution >= 4 is 0 Å². The van der Waals surface area contributed by atoms with Crippen LogP contribution in [0, 0.1) is 53.3 Å². The highest BCUT2D eigenvalue weighted by Gasteiger charge is 2.63. The quantitative estimate of drug-likeness (QED) is 0.284. The van der Waals surface area contributed by atoms with Gasteiger partial charge in [0.2, 0.25) is 0 Å². The maximum absolute atomic E-state index is 11.6. The first-order chi connectivity index (χ1) is 20.4. The van der Waals surface area contributed by atoms with Crippen molar-refractivity contribution in [3.63, 3.8) is 0 Å². The molecule has 8 rings (SSSR count). The number of aliphatic hydroxyl groups excluding tert-OH is 2. The smallest absolute Gasteiger partial charge is 0.198 e. The minimum Gasteiger partial charge on any atom is -0.393 e. The summed E-state index contributed by atoms with van der Waals surface area (Å²) in [7, 11) is 0. The molecule has 6 heterocycles. The summed E-state index contributed by atoms with van der Waals surface area (Å²) in [6.45, 7) is 16.2. The van der Waals surface area contributed by atoms with E-state index in [4.69, 9.17) is 29.0 Å². The maximum Gasteiger partial charge on any atom is 0.198 e. The largest absolute Gasteiger partial charge is 0.393 e. The fraction of sp³-hybridized carbons (Fsp3) is 1.00. The standard InChI is InChI=1S/C35H60O8/c1-8-25-10-12-28(35-20-39-33(7,41-43-35)16-14-29(25)35)24(5)31(37)18-21(2)17-30(36)23(4)27-11-9-22(3)26-13-15-32(6)38-19-34(26,27)42-40-32/h21-31,36-37H,8-20H2,1-7H3/t21?,22-,23?,24?,25-,26+,27+,28+,29?,30?,31?,32-,33-,34-,35+/m1/s1. The lowest BCUT2D eigenvalue weighted by atomic mass is 9.58. The van der Waals surface area contributed by atoms with Gasteiger partial charge in [-0.05, 0) is 118 Å². The first kappa shape index (κ1) is 32.6. The van der Waals surface area contributed by atoms with Gasteiger partial charge in [0.05, 0.1) is 25.4 Å². The van der Waals surface area contributed by atoms with E-state index in [1.165, 1.54) is 0 Å². The highest BCUT2D eigenvalue weighted by molar-refractivity contribution is 5.07. The van der Waals surface area contributed by atoms with Crippen molar-refractivity contribution in [1.29, 1.82) is 0 Å². The van der Waals surface area contributed by atoms with Gasteiger partial charge < -0.3 is 19.7 Å². The topological polar surface area (TPSA) is 95.8 Å². The minimum atomic E-state index is -0.665. The molecule has 0 aromatic heterocycles. The summed E-state index contributed by atoms with van der Waals surface area (Å²) in [6.07, 6.45) is 9.51. The summed E-state index contributed by atoms with van der Waals surface area (Å²) in [4.78, 5) is 24.5. The lowest BCUT2D eigenvalue weighted by Crippen LogP contribution is -2.61. The van der Waals surface area contributed by atoms with E-state index in [0.717, 1.165) is 57.8 Å². The molecule has 8 nitrogen and oxygen atoms in total. The Hall–Kier alpha value is -0.320. The Morgan fingerprint density at radius 3 is 1.65 bits per heavy atom. The van der Waals surface area contributed by atoms with Gasteiger partial charge in [0.15, 0.2) is 11.6 Å². The molecule has 6 unspecified atom stereocenters. The number of aliphatic hydroxyl groups is 2. The lowest BCUT2D eigenvalue weighted by molar-refractivity contribution is -0.517. The van der Waals surface area contributed by atoms with E-state index in [1.807, 2.05) is 13.8 Å². The van der Waals surface area contributed by atoms with Gasteiger partial charge in [0.1, 0.15) is 11.2 Å². The van der Waals surface area contributed by atoms with Crippen LogP contribution < -0.4 is 0 Å². The Bertz CT molecular complexity index is 955. The molecule has 0 aromatic rings. The van der Waals surface area contributed by atoms with E-state index in [2.05, 4.69) is 34.6 Å². The molecule has 0 amide bonds. The highest BCUT2D eigenvalue weighted by atomic mass is 17.3. The number of fused-ring (bicyclic) bond motifs is 6. The average molecular weight is 609 g/mol. The number of hydrogen-bond donors (Lipinski definition) is 2. The molecule has 2 saturated carbocycles. The summed E-state index contributed by atoms with van der Waals surface area (Å²) in [6, 6.07) is 0. The van der Waals surface area contributed by atoms with Crippen molar-refractivity contribution in [2.24, 2.45) is 53.3 Å². The zero-order valence-electron chi connectivity index (χ0n) is 27.9. The predicted octanol–water partition coefficient (Wildman–Crippen LogP) is 6.57. The highest BCUT2D eigenvalue weighted by Crippen LogP contribution is 2.57. The molecule has 15 atom stereocenters. The number of ether oxygens (including phenoxy) is 2. The molecular weight excluding hydrogens is 548 g/mol. The van der Waals surface area contributed by atoms with Gasteiger partial charge in [0, 0.05) is 12.8 Å². The van der Waals surface area contributed by atoms with Crippen molar-refractivity contribution in [1.82, 2.24) is 0 Å². The molecule has 8 aliphatic rings. The summed E-state index contributed by atoms with van der Waals surface area (Å²) in [5.41, 5.74) is -1.00. The molecule has 248 valence electrons. The molecule has 4 bridgehead atoms. The maximum atomic E-state index is 11.6. The monoisotopic (exact) mass is 608 g/mol. The molecular formula is C35H60O8. The van der Waals surface area contributed by atoms with Crippen LogP contribution in [0.5, 0.6) is 0 Å². The third-order valence-electron chi connectivity index (χ3n) is 13.6. The fourth-order valence-corrected chi connectivity index (χ4v) is 10.7. The number of rotatable bonds is 9. The fourth-order valence-electron chi connectivity index (χ4n) is 10.7. The molecule has 6 saturated heterocycles. The first-order valence-electron chi connectivity index (χ1n) is 17.7. The van der Waals surface area contributed by atoms with E-state index >= 15 is 0 Å². The van der Waals surface area contributed by atoms with Gasteiger partial charge in [-0.3, -0.25) is 0 Å². The van der Waals surface area contributed by atoms with Crippen LogP contribution >= 0.6 is 0 Å². The molecule has 2 spiro atoms. The van der Waals surface area contributed by atoms with E-state index in [-0.39, 0.29) is 29.6 Å². The van der Waals surface area contributed by atoms with Crippen molar-refractivity contribution in [2.45, 2.75) is 154 Å². The lowest BCUT2D eigenvalue weighted by Gasteiger charge is -2.54. The second-order valence-electron chi connectivity index (χ2n) is 16.3. The summed E-state index contributed by atoms with van der Waals surface area (Å²) < 4.78 is 12.6. The molecule has 6 aliphatic heterocycles. The van der Waals surface area contributed by atoms with Crippen LogP contribution in [0.2, 0.25) is 0 Å². The summed E-state index contributed by atoms with van der Waals surface area (Å²) in [5.74, 6) is 1.13. The van der Waals surface area contributed by atoms with Gasteiger partial charge in [0.25, 0.3) is 0 Å². The van der Waals surface area contributed by atoms with E-state index in [0.29, 0.717) is 49.7 Å². The van der Waals surface area contributed by atoms with Crippen molar-refractivity contribution in [2.75, 3.05) is 13.2 Å². The normalized spacial score (nSPS) is 49.6. The van der Waals surface area contributed by atoms with Crippen LogP contribution in [-0.2, 0) is 29.0 Å². The molecule has 2 N–H and O–H groups in total. The summed E-state index contributed by atoms with van der Waals surface area (Å²) >= 11 is 0. The number of hydrogen-bond acceptors (Lipinski definition) is 8. The van der Waals surface area contributed by atoms with Crippen LogP contribution in [0.15, 0.2) is 0 Å². The average Bonchev–Trinajstić information content (AvgIpc) is 3.38. The second kappa shape index (κ2) is 12.0. The van der Waals surface area contributed by atoms with Gasteiger partial charge in [-0.2, -0.15) is 0 Å². The van der Waals surface area contributed by atoms with Gasteiger partial charge >= 0.3 is 0 Å². The SMILES string of the molecule is CC[C@@H]1CC[C@@H](C(C)C(O)CC(C)CC(O)C(C)[C@@H]2CC[C@@H](C)[C@@H]3CC[C@]4(C)OC[C@]23OO4)[C@@]23CO[C@@](C)(CCC12)OO3. The Kier molecular flexibility index (Phi) is 9.13. The third kappa shape index (κ3) is 5.66. The minimum absolute atomic E-state index is 0.0378. The molecule has 43 heavy (non-hydrogen) atoms. The first-order valence-corrected chi connectivity index (χ1v) is 17.7. The molecule has 2 aliphatic carbocycles. The van der Waals surface area contributed by atoms with E-state index in [1.54, 1.807) is 0 Å².